The zero-order valence-corrected chi connectivity index (χ0v) is 8.78. The number of rotatable bonds is 1. The Kier molecular flexibility index (Phi) is 2.50. The van der Waals surface area contributed by atoms with E-state index in [0.717, 1.165) is 37.4 Å². The SMILES string of the molecule is C1COC(C2CC3CCC2CC3)OC1. The zero-order valence-electron chi connectivity index (χ0n) is 8.78. The van der Waals surface area contributed by atoms with Crippen molar-refractivity contribution in [2.75, 3.05) is 13.2 Å². The molecule has 1 heterocycles. The molecule has 3 aliphatic carbocycles. The van der Waals surface area contributed by atoms with E-state index in [1.807, 2.05) is 0 Å². The Morgan fingerprint density at radius 2 is 1.57 bits per heavy atom. The van der Waals surface area contributed by atoms with Crippen LogP contribution in [0, 0.1) is 17.8 Å². The monoisotopic (exact) mass is 196 g/mol. The van der Waals surface area contributed by atoms with Crippen molar-refractivity contribution in [2.24, 2.45) is 17.8 Å². The summed E-state index contributed by atoms with van der Waals surface area (Å²) in [6.45, 7) is 1.83. The number of hydrogen-bond acceptors (Lipinski definition) is 2. The highest BCUT2D eigenvalue weighted by Crippen LogP contribution is 2.47. The lowest BCUT2D eigenvalue weighted by Gasteiger charge is -2.45. The van der Waals surface area contributed by atoms with Gasteiger partial charge in [-0.05, 0) is 37.5 Å². The van der Waals surface area contributed by atoms with Crippen LogP contribution in [0.2, 0.25) is 0 Å². The van der Waals surface area contributed by atoms with E-state index >= 15 is 0 Å². The molecule has 4 aliphatic rings. The lowest BCUT2D eigenvalue weighted by atomic mass is 9.64. The minimum absolute atomic E-state index is 0.150. The van der Waals surface area contributed by atoms with Crippen LogP contribution >= 0.6 is 0 Å². The van der Waals surface area contributed by atoms with Gasteiger partial charge in [0.2, 0.25) is 0 Å². The standard InChI is InChI=1S/C12H20O2/c1-6-13-12(14-7-1)11-8-9-2-4-10(11)5-3-9/h9-12H,1-8H2. The summed E-state index contributed by atoms with van der Waals surface area (Å²) in [7, 11) is 0. The summed E-state index contributed by atoms with van der Waals surface area (Å²) in [4.78, 5) is 0. The Hall–Kier alpha value is -0.0800. The zero-order chi connectivity index (χ0) is 9.38. The summed E-state index contributed by atoms with van der Waals surface area (Å²) >= 11 is 0. The molecule has 2 heteroatoms. The molecule has 0 N–H and O–H groups in total. The largest absolute Gasteiger partial charge is 0.352 e. The maximum absolute atomic E-state index is 5.75. The highest BCUT2D eigenvalue weighted by Gasteiger charge is 2.41. The average Bonchev–Trinajstić information content (AvgIpc) is 2.32. The second-order valence-corrected chi connectivity index (χ2v) is 5.14. The van der Waals surface area contributed by atoms with Crippen LogP contribution in [-0.4, -0.2) is 19.5 Å². The van der Waals surface area contributed by atoms with Gasteiger partial charge in [-0.1, -0.05) is 12.8 Å². The first-order valence-electron chi connectivity index (χ1n) is 6.16. The summed E-state index contributed by atoms with van der Waals surface area (Å²) in [6.07, 6.45) is 8.39. The molecule has 0 spiro atoms. The van der Waals surface area contributed by atoms with Crippen LogP contribution in [0.1, 0.15) is 38.5 Å². The summed E-state index contributed by atoms with van der Waals surface area (Å²) in [5.74, 6) is 2.62. The van der Waals surface area contributed by atoms with Crippen LogP contribution in [0.5, 0.6) is 0 Å². The van der Waals surface area contributed by atoms with Gasteiger partial charge in [0.1, 0.15) is 0 Å². The van der Waals surface area contributed by atoms with E-state index < -0.39 is 0 Å². The Balaban J connectivity index is 1.66. The maximum Gasteiger partial charge on any atom is 0.160 e. The fourth-order valence-corrected chi connectivity index (χ4v) is 3.52. The first kappa shape index (κ1) is 9.17. The van der Waals surface area contributed by atoms with Crippen LogP contribution in [0.15, 0.2) is 0 Å². The highest BCUT2D eigenvalue weighted by atomic mass is 16.7. The molecular weight excluding hydrogens is 176 g/mol. The topological polar surface area (TPSA) is 18.5 Å². The van der Waals surface area contributed by atoms with Crippen molar-refractivity contribution in [3.05, 3.63) is 0 Å². The second-order valence-electron chi connectivity index (χ2n) is 5.14. The molecule has 0 aromatic carbocycles. The molecule has 4 rings (SSSR count). The summed E-state index contributed by atoms with van der Waals surface area (Å²) in [5.41, 5.74) is 0. The summed E-state index contributed by atoms with van der Waals surface area (Å²) < 4.78 is 11.5. The van der Waals surface area contributed by atoms with Gasteiger partial charge in [-0.15, -0.1) is 0 Å². The quantitative estimate of drug-likeness (QED) is 0.641. The summed E-state index contributed by atoms with van der Waals surface area (Å²) in [6, 6.07) is 0. The van der Waals surface area contributed by atoms with Gasteiger partial charge in [0, 0.05) is 5.92 Å². The minimum Gasteiger partial charge on any atom is -0.352 e. The fraction of sp³-hybridized carbons (Fsp3) is 1.00. The third-order valence-corrected chi connectivity index (χ3v) is 4.30. The molecule has 3 saturated carbocycles. The molecule has 2 nitrogen and oxygen atoms in total. The molecule has 0 radical (unpaired) electrons. The van der Waals surface area contributed by atoms with E-state index in [2.05, 4.69) is 0 Å². The Labute approximate surface area is 86.0 Å². The highest BCUT2D eigenvalue weighted by molar-refractivity contribution is 4.88. The van der Waals surface area contributed by atoms with Crippen molar-refractivity contribution >= 4 is 0 Å². The minimum atomic E-state index is 0.150. The van der Waals surface area contributed by atoms with Gasteiger partial charge in [0.05, 0.1) is 13.2 Å². The molecule has 2 bridgehead atoms. The Morgan fingerprint density at radius 3 is 2.14 bits per heavy atom. The first-order chi connectivity index (χ1) is 6.93. The van der Waals surface area contributed by atoms with Gasteiger partial charge < -0.3 is 9.47 Å². The molecule has 0 amide bonds. The number of hydrogen-bond donors (Lipinski definition) is 0. The fourth-order valence-electron chi connectivity index (χ4n) is 3.52. The molecule has 4 fully saturated rings. The lowest BCUT2D eigenvalue weighted by molar-refractivity contribution is -0.226. The van der Waals surface area contributed by atoms with E-state index in [0.29, 0.717) is 0 Å². The predicted molar refractivity (Wildman–Crippen MR) is 53.9 cm³/mol. The van der Waals surface area contributed by atoms with Crippen molar-refractivity contribution in [3.8, 4) is 0 Å². The first-order valence-corrected chi connectivity index (χ1v) is 6.16. The van der Waals surface area contributed by atoms with Crippen LogP contribution in [0.3, 0.4) is 0 Å². The molecule has 1 unspecified atom stereocenters. The van der Waals surface area contributed by atoms with Crippen molar-refractivity contribution in [3.63, 3.8) is 0 Å². The van der Waals surface area contributed by atoms with Gasteiger partial charge in [-0.2, -0.15) is 0 Å². The maximum atomic E-state index is 5.75. The molecule has 14 heavy (non-hydrogen) atoms. The molecule has 1 saturated heterocycles. The van der Waals surface area contributed by atoms with Crippen molar-refractivity contribution in [1.29, 1.82) is 0 Å². The lowest BCUT2D eigenvalue weighted by Crippen LogP contribution is -2.42. The van der Waals surface area contributed by atoms with E-state index in [9.17, 15) is 0 Å². The van der Waals surface area contributed by atoms with Crippen molar-refractivity contribution in [2.45, 2.75) is 44.8 Å². The molecule has 1 aliphatic heterocycles. The van der Waals surface area contributed by atoms with Gasteiger partial charge in [-0.3, -0.25) is 0 Å². The number of ether oxygens (including phenoxy) is 2. The van der Waals surface area contributed by atoms with Crippen LogP contribution in [0.4, 0.5) is 0 Å². The number of fused-ring (bicyclic) bond motifs is 3. The van der Waals surface area contributed by atoms with E-state index in [1.165, 1.54) is 32.1 Å². The van der Waals surface area contributed by atoms with Gasteiger partial charge >= 0.3 is 0 Å². The van der Waals surface area contributed by atoms with Gasteiger partial charge in [0.25, 0.3) is 0 Å². The third-order valence-electron chi connectivity index (χ3n) is 4.30. The molecule has 1 atom stereocenters. The Morgan fingerprint density at radius 1 is 0.857 bits per heavy atom. The Bertz CT molecular complexity index is 190. The average molecular weight is 196 g/mol. The molecule has 0 aromatic heterocycles. The van der Waals surface area contributed by atoms with Crippen molar-refractivity contribution in [1.82, 2.24) is 0 Å². The van der Waals surface area contributed by atoms with E-state index in [-0.39, 0.29) is 6.29 Å². The molecular formula is C12H20O2. The van der Waals surface area contributed by atoms with Crippen LogP contribution in [0.25, 0.3) is 0 Å². The predicted octanol–water partition coefficient (Wildman–Crippen LogP) is 2.58. The second kappa shape index (κ2) is 3.82. The molecule has 80 valence electrons. The van der Waals surface area contributed by atoms with E-state index in [1.54, 1.807) is 0 Å². The van der Waals surface area contributed by atoms with Gasteiger partial charge in [0.15, 0.2) is 6.29 Å². The smallest absolute Gasteiger partial charge is 0.160 e. The van der Waals surface area contributed by atoms with Crippen LogP contribution < -0.4 is 0 Å². The van der Waals surface area contributed by atoms with Crippen LogP contribution in [-0.2, 0) is 9.47 Å². The van der Waals surface area contributed by atoms with E-state index in [4.69, 9.17) is 9.47 Å². The normalized spacial score (nSPS) is 44.1. The van der Waals surface area contributed by atoms with Crippen molar-refractivity contribution < 1.29 is 9.47 Å². The molecule has 0 aromatic rings. The summed E-state index contributed by atoms with van der Waals surface area (Å²) in [5, 5.41) is 0. The van der Waals surface area contributed by atoms with Gasteiger partial charge in [-0.25, -0.2) is 0 Å². The third kappa shape index (κ3) is 1.59.